The van der Waals surface area contributed by atoms with E-state index in [4.69, 9.17) is 9.47 Å². The third kappa shape index (κ3) is 36.0. The second kappa shape index (κ2) is 42.1. The Balaban J connectivity index is 0.00000112. The summed E-state index contributed by atoms with van der Waals surface area (Å²) < 4.78 is 10.9. The molecule has 8 nitrogen and oxygen atoms in total. The van der Waals surface area contributed by atoms with Crippen molar-refractivity contribution in [2.75, 3.05) is 0 Å². The van der Waals surface area contributed by atoms with Crippen LogP contribution < -0.4 is 10.2 Å². The maximum Gasteiger partial charge on any atom is 2.00 e. The molecule has 4 atom stereocenters. The van der Waals surface area contributed by atoms with Gasteiger partial charge in [-0.3, -0.25) is 0 Å². The molecular weight excluding hydrogens is 866 g/mol. The Morgan fingerprint density at radius 3 is 0.966 bits per heavy atom. The van der Waals surface area contributed by atoms with Crippen LogP contribution in [0.5, 0.6) is 0 Å². The van der Waals surface area contributed by atoms with Gasteiger partial charge in [0.15, 0.2) is 0 Å². The van der Waals surface area contributed by atoms with Gasteiger partial charge in [-0.1, -0.05) is 229 Å². The van der Waals surface area contributed by atoms with Crippen LogP contribution in [0.3, 0.4) is 0 Å². The van der Waals surface area contributed by atoms with E-state index in [1.54, 1.807) is 0 Å². The molecule has 9 heteroatoms. The van der Waals surface area contributed by atoms with Crippen molar-refractivity contribution in [1.29, 1.82) is 0 Å². The minimum atomic E-state index is -1.25. The Hall–Kier alpha value is -1.21. The van der Waals surface area contributed by atoms with Gasteiger partial charge in [-0.05, 0) is 24.0 Å². The number of carbonyl (C=O) groups is 2. The van der Waals surface area contributed by atoms with Gasteiger partial charge in [-0.25, -0.2) is 0 Å². The molecule has 0 fully saturated rings. The molecule has 0 saturated carbocycles. The number of rotatable bonds is 38. The number of hydrogen-bond acceptors (Lipinski definition) is 8. The van der Waals surface area contributed by atoms with E-state index < -0.39 is 36.4 Å². The molecule has 0 aromatic heterocycles. The van der Waals surface area contributed by atoms with Crippen molar-refractivity contribution < 1.29 is 39.5 Å². The molecule has 0 aliphatic heterocycles. The van der Waals surface area contributed by atoms with Crippen molar-refractivity contribution >= 4 is 60.8 Å². The average Bonchev–Trinajstić information content (AvgIpc) is 3.22. The second-order valence-corrected chi connectivity index (χ2v) is 16.3. The number of aliphatic carboxylic acids is 2. The predicted molar refractivity (Wildman–Crippen MR) is 238 cm³/mol. The molecule has 332 valence electrons. The summed E-state index contributed by atoms with van der Waals surface area (Å²) in [6, 6.07) is 18.9. The summed E-state index contributed by atoms with van der Waals surface area (Å²) in [6.45, 7) is 4.93. The van der Waals surface area contributed by atoms with E-state index in [9.17, 15) is 30.0 Å². The number of carboxylic acids is 2. The maximum atomic E-state index is 11.3. The smallest absolute Gasteiger partial charge is 0.547 e. The number of hydrogen-bond donors (Lipinski definition) is 2. The molecule has 2 aromatic carbocycles. The zero-order valence-corrected chi connectivity index (χ0v) is 41.8. The quantitative estimate of drug-likeness (QED) is 0.0501. The van der Waals surface area contributed by atoms with Crippen molar-refractivity contribution in [3.63, 3.8) is 0 Å². The number of benzene rings is 2. The Morgan fingerprint density at radius 2 is 0.712 bits per heavy atom. The summed E-state index contributed by atoms with van der Waals surface area (Å²) in [4.78, 5) is 22.6. The van der Waals surface area contributed by atoms with Crippen LogP contribution in [0.2, 0.25) is 0 Å². The van der Waals surface area contributed by atoms with Crippen LogP contribution >= 0.6 is 0 Å². The van der Waals surface area contributed by atoms with Crippen molar-refractivity contribution in [2.45, 2.75) is 231 Å². The van der Waals surface area contributed by atoms with Gasteiger partial charge in [0.2, 0.25) is 0 Å². The van der Waals surface area contributed by atoms with Crippen LogP contribution in [-0.2, 0) is 32.3 Å². The van der Waals surface area contributed by atoms with Gasteiger partial charge in [0.05, 0.1) is 49.6 Å². The first kappa shape index (κ1) is 57.8. The normalized spacial score (nSPS) is 13.1. The van der Waals surface area contributed by atoms with Crippen LogP contribution in [-0.4, -0.2) is 95.4 Å². The molecule has 2 N–H and O–H groups in total. The first-order chi connectivity index (χ1) is 28.3. The van der Waals surface area contributed by atoms with Gasteiger partial charge < -0.3 is 39.5 Å². The fourth-order valence-corrected chi connectivity index (χ4v) is 7.18. The van der Waals surface area contributed by atoms with E-state index in [1.807, 2.05) is 60.7 Å². The van der Waals surface area contributed by atoms with E-state index in [0.717, 1.165) is 36.8 Å². The van der Waals surface area contributed by atoms with Crippen LogP contribution in [0.25, 0.3) is 0 Å². The number of carboxylic acid groups (broad SMARTS) is 2. The molecule has 0 radical (unpaired) electrons. The number of carbonyl (C=O) groups excluding carboxylic acids is 2. The molecule has 2 aromatic rings. The van der Waals surface area contributed by atoms with Gasteiger partial charge in [-0.15, -0.1) is 0 Å². The van der Waals surface area contributed by atoms with Gasteiger partial charge in [0, 0.05) is 12.8 Å². The number of aliphatic hydroxyl groups excluding tert-OH is 2. The van der Waals surface area contributed by atoms with Crippen molar-refractivity contribution in [3.05, 3.63) is 71.8 Å². The third-order valence-electron chi connectivity index (χ3n) is 10.9. The zero-order chi connectivity index (χ0) is 42.3. The number of unbranched alkanes of at least 4 members (excludes halogenated alkanes) is 22. The van der Waals surface area contributed by atoms with E-state index >= 15 is 0 Å². The third-order valence-corrected chi connectivity index (χ3v) is 10.9. The molecule has 2 rings (SSSR count). The Labute approximate surface area is 400 Å². The van der Waals surface area contributed by atoms with Gasteiger partial charge >= 0.3 is 48.9 Å². The second-order valence-electron chi connectivity index (χ2n) is 16.3. The SMILES string of the molecule is CCCCCCCCCCCCCCC(O)CC(OCc1ccccc1)C(=O)[O-].CCCCCCCCCCCCCCC(O)CC(OCc1ccccc1)C(=O)[O-].[Ba+2]. The summed E-state index contributed by atoms with van der Waals surface area (Å²) in [5.74, 6) is -2.51. The van der Waals surface area contributed by atoms with E-state index in [-0.39, 0.29) is 74.9 Å². The largest absolute Gasteiger partial charge is 2.00 e. The van der Waals surface area contributed by atoms with E-state index in [2.05, 4.69) is 13.8 Å². The predicted octanol–water partition coefficient (Wildman–Crippen LogP) is 9.95. The van der Waals surface area contributed by atoms with Crippen molar-refractivity contribution in [3.8, 4) is 0 Å². The van der Waals surface area contributed by atoms with Gasteiger partial charge in [0.25, 0.3) is 0 Å². The van der Waals surface area contributed by atoms with Crippen LogP contribution in [0, 0.1) is 0 Å². The van der Waals surface area contributed by atoms with Crippen molar-refractivity contribution in [1.82, 2.24) is 0 Å². The zero-order valence-electron chi connectivity index (χ0n) is 37.3. The molecule has 0 aliphatic rings. The van der Waals surface area contributed by atoms with Crippen molar-refractivity contribution in [2.24, 2.45) is 0 Å². The molecule has 0 bridgehead atoms. The minimum Gasteiger partial charge on any atom is -0.547 e. The van der Waals surface area contributed by atoms with Crippen LogP contribution in [0.4, 0.5) is 0 Å². The average molecular weight is 949 g/mol. The Kier molecular flexibility index (Phi) is 41.2. The molecule has 0 saturated heterocycles. The number of ether oxygens (including phenoxy) is 2. The summed E-state index contributed by atoms with van der Waals surface area (Å²) in [5.41, 5.74) is 1.82. The van der Waals surface area contributed by atoms with Gasteiger partial charge in [0.1, 0.15) is 0 Å². The van der Waals surface area contributed by atoms with Gasteiger partial charge in [-0.2, -0.15) is 0 Å². The summed E-state index contributed by atoms with van der Waals surface area (Å²) in [7, 11) is 0. The fourth-order valence-electron chi connectivity index (χ4n) is 7.18. The molecule has 4 unspecified atom stereocenters. The van der Waals surface area contributed by atoms with E-state index in [1.165, 1.54) is 128 Å². The molecule has 0 amide bonds. The standard InChI is InChI=1S/2C25H42O4.Ba/c2*1-2-3-4-5-6-7-8-9-10-11-12-16-19-23(26)20-24(25(27)28)29-21-22-17-14-13-15-18-22;/h2*13-15,17-18,23-24,26H,2-12,16,19-21H2,1H3,(H,27,28);/q;;+2/p-2. The van der Waals surface area contributed by atoms with E-state index in [0.29, 0.717) is 12.8 Å². The first-order valence-electron chi connectivity index (χ1n) is 23.4. The molecule has 0 heterocycles. The summed E-state index contributed by atoms with van der Waals surface area (Å²) in [5, 5.41) is 42.9. The monoisotopic (exact) mass is 949 g/mol. The summed E-state index contributed by atoms with van der Waals surface area (Å²) in [6.07, 6.45) is 28.5. The van der Waals surface area contributed by atoms with Crippen LogP contribution in [0.1, 0.15) is 205 Å². The minimum absolute atomic E-state index is 0. The molecule has 59 heavy (non-hydrogen) atoms. The summed E-state index contributed by atoms with van der Waals surface area (Å²) >= 11 is 0. The van der Waals surface area contributed by atoms with Crippen LogP contribution in [0.15, 0.2) is 60.7 Å². The topological polar surface area (TPSA) is 139 Å². The molecular formula is C50H82BaO8. The number of aliphatic hydroxyl groups is 2. The Morgan fingerprint density at radius 1 is 0.458 bits per heavy atom. The fraction of sp³-hybridized carbons (Fsp3) is 0.720. The Bertz CT molecular complexity index is 1110. The molecule has 0 spiro atoms. The maximum absolute atomic E-state index is 11.3. The molecule has 0 aliphatic carbocycles. The first-order valence-corrected chi connectivity index (χ1v) is 23.4.